The summed E-state index contributed by atoms with van der Waals surface area (Å²) in [5, 5.41) is 1.62. The quantitative estimate of drug-likeness (QED) is 0.485. The average Bonchev–Trinajstić information content (AvgIpc) is 3.16. The van der Waals surface area contributed by atoms with Gasteiger partial charge in [0, 0.05) is 23.5 Å². The van der Waals surface area contributed by atoms with E-state index in [1.165, 1.54) is 10.6 Å². The molecule has 2 aromatic heterocycles. The Morgan fingerprint density at radius 3 is 2.45 bits per heavy atom. The molecular formula is C24H18FN3O. The van der Waals surface area contributed by atoms with E-state index < -0.39 is 5.82 Å². The van der Waals surface area contributed by atoms with Gasteiger partial charge in [-0.1, -0.05) is 42.5 Å². The van der Waals surface area contributed by atoms with E-state index in [1.54, 1.807) is 30.3 Å². The summed E-state index contributed by atoms with van der Waals surface area (Å²) in [6, 6.07) is 21.6. The molecule has 3 aromatic carbocycles. The molecule has 5 heteroatoms. The number of para-hydroxylation sites is 3. The molecular weight excluding hydrogens is 365 g/mol. The summed E-state index contributed by atoms with van der Waals surface area (Å²) in [5.74, 6) is 0.101. The molecule has 0 saturated heterocycles. The number of aromatic nitrogens is 3. The number of hydrogen-bond donors (Lipinski definition) is 1. The van der Waals surface area contributed by atoms with Gasteiger partial charge in [-0.15, -0.1) is 0 Å². The molecule has 29 heavy (non-hydrogen) atoms. The number of nitrogens with one attached hydrogen (secondary N) is 1. The third kappa shape index (κ3) is 3.01. The van der Waals surface area contributed by atoms with Crippen LogP contribution in [-0.4, -0.2) is 14.5 Å². The van der Waals surface area contributed by atoms with Gasteiger partial charge in [0.05, 0.1) is 16.6 Å². The summed E-state index contributed by atoms with van der Waals surface area (Å²) >= 11 is 0. The largest absolute Gasteiger partial charge is 0.361 e. The Hall–Kier alpha value is -3.73. The van der Waals surface area contributed by atoms with Crippen LogP contribution < -0.4 is 5.56 Å². The van der Waals surface area contributed by atoms with Crippen LogP contribution in [0.5, 0.6) is 0 Å². The fourth-order valence-corrected chi connectivity index (χ4v) is 3.81. The van der Waals surface area contributed by atoms with Crippen LogP contribution in [0.4, 0.5) is 4.39 Å². The van der Waals surface area contributed by atoms with Crippen molar-refractivity contribution in [1.82, 2.24) is 14.5 Å². The van der Waals surface area contributed by atoms with Crippen molar-refractivity contribution in [2.45, 2.75) is 12.8 Å². The normalized spacial score (nSPS) is 11.3. The molecule has 0 aliphatic carbocycles. The van der Waals surface area contributed by atoms with Crippen molar-refractivity contribution in [1.29, 1.82) is 0 Å². The van der Waals surface area contributed by atoms with Gasteiger partial charge >= 0.3 is 0 Å². The monoisotopic (exact) mass is 383 g/mol. The van der Waals surface area contributed by atoms with Crippen LogP contribution in [0.2, 0.25) is 0 Å². The minimum atomic E-state index is -0.444. The van der Waals surface area contributed by atoms with Gasteiger partial charge in [-0.05, 0) is 42.3 Å². The third-order valence-electron chi connectivity index (χ3n) is 5.23. The van der Waals surface area contributed by atoms with Gasteiger partial charge in [-0.2, -0.15) is 0 Å². The van der Waals surface area contributed by atoms with E-state index in [2.05, 4.69) is 11.1 Å². The van der Waals surface area contributed by atoms with Crippen LogP contribution in [0, 0.1) is 5.82 Å². The van der Waals surface area contributed by atoms with E-state index in [1.807, 2.05) is 36.5 Å². The molecule has 0 aliphatic heterocycles. The highest BCUT2D eigenvalue weighted by atomic mass is 19.1. The molecule has 142 valence electrons. The zero-order valence-corrected chi connectivity index (χ0v) is 15.6. The first-order valence-electron chi connectivity index (χ1n) is 9.53. The molecule has 0 amide bonds. The smallest absolute Gasteiger partial charge is 0.266 e. The Kier molecular flexibility index (Phi) is 4.21. The molecule has 5 aromatic rings. The standard InChI is InChI=1S/C24H18FN3O/c25-19-9-3-6-12-22(19)28-23(27-21-11-5-2-8-18(21)24(28)29)14-13-16-15-26-20-10-4-1-7-17(16)20/h1-12,15,26H,13-14H2. The van der Waals surface area contributed by atoms with E-state index in [-0.39, 0.29) is 11.2 Å². The van der Waals surface area contributed by atoms with E-state index in [0.717, 1.165) is 16.5 Å². The molecule has 0 spiro atoms. The Balaban J connectivity index is 1.65. The molecule has 2 heterocycles. The fourth-order valence-electron chi connectivity index (χ4n) is 3.81. The van der Waals surface area contributed by atoms with Crippen molar-refractivity contribution < 1.29 is 4.39 Å². The van der Waals surface area contributed by atoms with Gasteiger partial charge in [0.2, 0.25) is 0 Å². The van der Waals surface area contributed by atoms with Crippen molar-refractivity contribution >= 4 is 21.8 Å². The number of benzene rings is 3. The maximum Gasteiger partial charge on any atom is 0.266 e. The van der Waals surface area contributed by atoms with E-state index in [4.69, 9.17) is 4.98 Å². The van der Waals surface area contributed by atoms with Gasteiger partial charge in [-0.25, -0.2) is 9.37 Å². The van der Waals surface area contributed by atoms with Gasteiger partial charge < -0.3 is 4.98 Å². The minimum Gasteiger partial charge on any atom is -0.361 e. The topological polar surface area (TPSA) is 50.7 Å². The number of hydrogen-bond acceptors (Lipinski definition) is 2. The first-order valence-corrected chi connectivity index (χ1v) is 9.53. The first kappa shape index (κ1) is 17.4. The second-order valence-corrected chi connectivity index (χ2v) is 7.00. The Bertz CT molecular complexity index is 1400. The molecule has 1 N–H and O–H groups in total. The van der Waals surface area contributed by atoms with Crippen LogP contribution >= 0.6 is 0 Å². The van der Waals surface area contributed by atoms with E-state index >= 15 is 0 Å². The van der Waals surface area contributed by atoms with Gasteiger partial charge in [0.1, 0.15) is 11.6 Å². The average molecular weight is 383 g/mol. The molecule has 0 unspecified atom stereocenters. The maximum absolute atomic E-state index is 14.6. The van der Waals surface area contributed by atoms with Crippen LogP contribution in [0.15, 0.2) is 83.8 Å². The lowest BCUT2D eigenvalue weighted by Gasteiger charge is -2.14. The van der Waals surface area contributed by atoms with Crippen molar-refractivity contribution in [3.63, 3.8) is 0 Å². The Labute approximate surface area is 166 Å². The molecule has 0 bridgehead atoms. The molecule has 0 aliphatic rings. The summed E-state index contributed by atoms with van der Waals surface area (Å²) < 4.78 is 16.0. The number of H-pyrrole nitrogens is 1. The second-order valence-electron chi connectivity index (χ2n) is 7.00. The molecule has 0 atom stereocenters. The zero-order chi connectivity index (χ0) is 19.8. The summed E-state index contributed by atoms with van der Waals surface area (Å²) in [4.78, 5) is 21.2. The van der Waals surface area contributed by atoms with Crippen molar-refractivity contribution in [2.24, 2.45) is 0 Å². The molecule has 5 rings (SSSR count). The van der Waals surface area contributed by atoms with Crippen molar-refractivity contribution in [3.8, 4) is 5.69 Å². The molecule has 0 fully saturated rings. The maximum atomic E-state index is 14.6. The highest BCUT2D eigenvalue weighted by Crippen LogP contribution is 2.21. The Morgan fingerprint density at radius 1 is 0.862 bits per heavy atom. The number of fused-ring (bicyclic) bond motifs is 2. The predicted octanol–water partition coefficient (Wildman–Crippen LogP) is 4.79. The third-order valence-corrected chi connectivity index (χ3v) is 5.23. The lowest BCUT2D eigenvalue weighted by Crippen LogP contribution is -2.25. The lowest BCUT2D eigenvalue weighted by molar-refractivity contribution is 0.610. The number of rotatable bonds is 4. The summed E-state index contributed by atoms with van der Waals surface area (Å²) in [6.07, 6.45) is 3.18. The second kappa shape index (κ2) is 7.02. The van der Waals surface area contributed by atoms with Crippen molar-refractivity contribution in [3.05, 3.63) is 107 Å². The number of halogens is 1. The highest BCUT2D eigenvalue weighted by Gasteiger charge is 2.16. The molecule has 0 saturated carbocycles. The molecule has 4 nitrogen and oxygen atoms in total. The number of nitrogens with zero attached hydrogens (tertiary/aromatic N) is 2. The number of aryl methyl sites for hydroxylation is 2. The van der Waals surface area contributed by atoms with Crippen LogP contribution in [0.3, 0.4) is 0 Å². The van der Waals surface area contributed by atoms with Gasteiger partial charge in [0.25, 0.3) is 5.56 Å². The Morgan fingerprint density at radius 2 is 1.59 bits per heavy atom. The first-order chi connectivity index (χ1) is 14.2. The fraction of sp³-hybridized carbons (Fsp3) is 0.0833. The summed E-state index contributed by atoms with van der Waals surface area (Å²) in [6.45, 7) is 0. The van der Waals surface area contributed by atoms with Crippen LogP contribution in [-0.2, 0) is 12.8 Å². The van der Waals surface area contributed by atoms with E-state index in [9.17, 15) is 9.18 Å². The van der Waals surface area contributed by atoms with Crippen LogP contribution in [0.25, 0.3) is 27.5 Å². The number of aromatic amines is 1. The zero-order valence-electron chi connectivity index (χ0n) is 15.6. The van der Waals surface area contributed by atoms with Gasteiger partial charge in [0.15, 0.2) is 0 Å². The van der Waals surface area contributed by atoms with Crippen LogP contribution in [0.1, 0.15) is 11.4 Å². The van der Waals surface area contributed by atoms with Crippen molar-refractivity contribution in [2.75, 3.05) is 0 Å². The molecule has 0 radical (unpaired) electrons. The van der Waals surface area contributed by atoms with Gasteiger partial charge in [-0.3, -0.25) is 9.36 Å². The lowest BCUT2D eigenvalue weighted by atomic mass is 10.1. The summed E-state index contributed by atoms with van der Waals surface area (Å²) in [7, 11) is 0. The minimum absolute atomic E-state index is 0.227. The van der Waals surface area contributed by atoms with E-state index in [0.29, 0.717) is 29.6 Å². The summed E-state index contributed by atoms with van der Waals surface area (Å²) in [5.41, 5.74) is 2.81. The predicted molar refractivity (Wildman–Crippen MR) is 113 cm³/mol. The SMILES string of the molecule is O=c1c2ccccc2nc(CCc2c[nH]c3ccccc23)n1-c1ccccc1F. The highest BCUT2D eigenvalue weighted by molar-refractivity contribution is 5.83.